The summed E-state index contributed by atoms with van der Waals surface area (Å²) >= 11 is 0. The van der Waals surface area contributed by atoms with Crippen molar-refractivity contribution in [2.24, 2.45) is 0 Å². The largest absolute Gasteiger partial charge is 0.454 e. The number of nitrogens with one attached hydrogen (secondary N) is 1. The minimum atomic E-state index is -3.80. The van der Waals surface area contributed by atoms with Gasteiger partial charge in [0.15, 0.2) is 11.6 Å². The van der Waals surface area contributed by atoms with Crippen LogP contribution >= 0.6 is 0 Å². The minimum absolute atomic E-state index is 0.0443. The van der Waals surface area contributed by atoms with Gasteiger partial charge in [0.25, 0.3) is 0 Å². The van der Waals surface area contributed by atoms with Crippen LogP contribution in [0.1, 0.15) is 22.7 Å². The summed E-state index contributed by atoms with van der Waals surface area (Å²) in [5, 5.41) is 0. The molecule has 26 heavy (non-hydrogen) atoms. The molecule has 1 heterocycles. The standard InChI is InChI=1S/C20H16FNO3S/c1-13-9-11-14(12-10-13)26(23,24)22-19-15-5-2-3-8-18(15)25-20-16(19)6-4-7-17(20)21/h2-12,19,22H,1H3. The molecule has 6 heteroatoms. The fourth-order valence-corrected chi connectivity index (χ4v) is 4.21. The lowest BCUT2D eigenvalue weighted by atomic mass is 9.95. The normalized spacial score (nSPS) is 15.7. The summed E-state index contributed by atoms with van der Waals surface area (Å²) in [4.78, 5) is 0.157. The van der Waals surface area contributed by atoms with E-state index >= 15 is 0 Å². The molecule has 1 aliphatic heterocycles. The van der Waals surface area contributed by atoms with Gasteiger partial charge in [-0.25, -0.2) is 12.8 Å². The molecule has 1 atom stereocenters. The second-order valence-electron chi connectivity index (χ2n) is 6.17. The van der Waals surface area contributed by atoms with Gasteiger partial charge in [-0.3, -0.25) is 0 Å². The topological polar surface area (TPSA) is 55.4 Å². The van der Waals surface area contributed by atoms with Crippen molar-refractivity contribution < 1.29 is 17.5 Å². The lowest BCUT2D eigenvalue weighted by Crippen LogP contribution is -2.31. The van der Waals surface area contributed by atoms with Crippen LogP contribution in [0, 0.1) is 12.7 Å². The lowest BCUT2D eigenvalue weighted by Gasteiger charge is -2.28. The van der Waals surface area contributed by atoms with Gasteiger partial charge in [0.05, 0.1) is 10.9 Å². The SMILES string of the molecule is Cc1ccc(S(=O)(=O)NC2c3ccccc3Oc3c(F)cccc32)cc1. The van der Waals surface area contributed by atoms with Crippen LogP contribution in [0.5, 0.6) is 11.5 Å². The van der Waals surface area contributed by atoms with Crippen LogP contribution in [-0.4, -0.2) is 8.42 Å². The fraction of sp³-hybridized carbons (Fsp3) is 0.100. The Balaban J connectivity index is 1.81. The van der Waals surface area contributed by atoms with Crippen molar-refractivity contribution in [2.45, 2.75) is 17.9 Å². The van der Waals surface area contributed by atoms with Crippen molar-refractivity contribution in [3.05, 3.63) is 89.2 Å². The number of hydrogen-bond acceptors (Lipinski definition) is 3. The minimum Gasteiger partial charge on any atom is -0.454 e. The van der Waals surface area contributed by atoms with E-state index in [0.717, 1.165) is 5.56 Å². The summed E-state index contributed by atoms with van der Waals surface area (Å²) in [6.45, 7) is 1.89. The van der Waals surface area contributed by atoms with Crippen molar-refractivity contribution in [1.82, 2.24) is 4.72 Å². The molecule has 4 rings (SSSR count). The molecule has 1 unspecified atom stereocenters. The number of ether oxygens (including phenoxy) is 1. The zero-order valence-corrected chi connectivity index (χ0v) is 14.8. The summed E-state index contributed by atoms with van der Waals surface area (Å²) in [7, 11) is -3.80. The maximum absolute atomic E-state index is 14.2. The molecule has 1 aliphatic rings. The van der Waals surface area contributed by atoms with E-state index in [9.17, 15) is 12.8 Å². The molecule has 132 valence electrons. The molecular weight excluding hydrogens is 353 g/mol. The highest BCUT2D eigenvalue weighted by molar-refractivity contribution is 7.89. The highest BCUT2D eigenvalue weighted by Gasteiger charge is 2.32. The molecule has 0 radical (unpaired) electrons. The first kappa shape index (κ1) is 16.8. The van der Waals surface area contributed by atoms with Crippen molar-refractivity contribution in [1.29, 1.82) is 0 Å². The van der Waals surface area contributed by atoms with E-state index in [2.05, 4.69) is 4.72 Å². The van der Waals surface area contributed by atoms with Crippen LogP contribution in [0.25, 0.3) is 0 Å². The molecule has 0 fully saturated rings. The zero-order chi connectivity index (χ0) is 18.3. The second kappa shape index (κ2) is 6.23. The molecule has 0 saturated carbocycles. The first-order valence-corrected chi connectivity index (χ1v) is 9.58. The summed E-state index contributed by atoms with van der Waals surface area (Å²) < 4.78 is 48.3. The molecule has 1 N–H and O–H groups in total. The molecule has 0 aliphatic carbocycles. The Kier molecular flexibility index (Phi) is 4.01. The van der Waals surface area contributed by atoms with Gasteiger partial charge in [-0.2, -0.15) is 4.72 Å². The van der Waals surface area contributed by atoms with E-state index < -0.39 is 21.9 Å². The summed E-state index contributed by atoms with van der Waals surface area (Å²) in [5.41, 5.74) is 2.05. The van der Waals surface area contributed by atoms with Gasteiger partial charge < -0.3 is 4.74 Å². The third kappa shape index (κ3) is 2.87. The fourth-order valence-electron chi connectivity index (χ4n) is 3.02. The van der Waals surface area contributed by atoms with Crippen LogP contribution in [0.2, 0.25) is 0 Å². The predicted molar refractivity (Wildman–Crippen MR) is 96.3 cm³/mol. The van der Waals surface area contributed by atoms with E-state index in [0.29, 0.717) is 16.9 Å². The average Bonchev–Trinajstić information content (AvgIpc) is 2.63. The van der Waals surface area contributed by atoms with Crippen LogP contribution < -0.4 is 9.46 Å². The maximum Gasteiger partial charge on any atom is 0.241 e. The molecule has 0 spiro atoms. The van der Waals surface area contributed by atoms with Gasteiger partial charge in [0.2, 0.25) is 10.0 Å². The molecule has 3 aromatic rings. The third-order valence-electron chi connectivity index (χ3n) is 4.35. The van der Waals surface area contributed by atoms with E-state index in [4.69, 9.17) is 4.74 Å². The smallest absolute Gasteiger partial charge is 0.241 e. The number of benzene rings is 3. The number of halogens is 1. The number of hydrogen-bond donors (Lipinski definition) is 1. The van der Waals surface area contributed by atoms with Crippen LogP contribution in [0.4, 0.5) is 4.39 Å². The lowest BCUT2D eigenvalue weighted by molar-refractivity contribution is 0.408. The van der Waals surface area contributed by atoms with Crippen molar-refractivity contribution >= 4 is 10.0 Å². The third-order valence-corrected chi connectivity index (χ3v) is 5.79. The van der Waals surface area contributed by atoms with Gasteiger partial charge >= 0.3 is 0 Å². The summed E-state index contributed by atoms with van der Waals surface area (Å²) in [6.07, 6.45) is 0. The second-order valence-corrected chi connectivity index (χ2v) is 7.88. The molecule has 0 aromatic heterocycles. The van der Waals surface area contributed by atoms with Gasteiger partial charge in [0.1, 0.15) is 5.75 Å². The maximum atomic E-state index is 14.2. The van der Waals surface area contributed by atoms with E-state index in [-0.39, 0.29) is 10.6 Å². The number of para-hydroxylation sites is 2. The quantitative estimate of drug-likeness (QED) is 0.749. The first-order chi connectivity index (χ1) is 12.5. The number of sulfonamides is 1. The number of aryl methyl sites for hydroxylation is 1. The van der Waals surface area contributed by atoms with E-state index in [1.54, 1.807) is 60.7 Å². The van der Waals surface area contributed by atoms with Gasteiger partial charge in [-0.05, 0) is 31.2 Å². The molecule has 0 bridgehead atoms. The Morgan fingerprint density at radius 3 is 2.38 bits per heavy atom. The molecule has 4 nitrogen and oxygen atoms in total. The highest BCUT2D eigenvalue weighted by Crippen LogP contribution is 2.44. The molecule has 3 aromatic carbocycles. The Bertz CT molecular complexity index is 1080. The van der Waals surface area contributed by atoms with Crippen molar-refractivity contribution in [3.63, 3.8) is 0 Å². The zero-order valence-electron chi connectivity index (χ0n) is 13.9. The average molecular weight is 369 g/mol. The first-order valence-electron chi connectivity index (χ1n) is 8.10. The highest BCUT2D eigenvalue weighted by atomic mass is 32.2. The summed E-state index contributed by atoms with van der Waals surface area (Å²) in [6, 6.07) is 17.3. The molecule has 0 amide bonds. The summed E-state index contributed by atoms with van der Waals surface area (Å²) in [5.74, 6) is -0.0546. The Morgan fingerprint density at radius 2 is 1.62 bits per heavy atom. The predicted octanol–water partition coefficient (Wildman–Crippen LogP) is 4.31. The van der Waals surface area contributed by atoms with Gasteiger partial charge in [-0.15, -0.1) is 0 Å². The van der Waals surface area contributed by atoms with Gasteiger partial charge in [-0.1, -0.05) is 48.0 Å². The monoisotopic (exact) mass is 369 g/mol. The number of fused-ring (bicyclic) bond motifs is 2. The van der Waals surface area contributed by atoms with Crippen LogP contribution in [0.15, 0.2) is 71.6 Å². The van der Waals surface area contributed by atoms with Crippen molar-refractivity contribution in [2.75, 3.05) is 0 Å². The Morgan fingerprint density at radius 1 is 0.923 bits per heavy atom. The molecule has 0 saturated heterocycles. The van der Waals surface area contributed by atoms with Gasteiger partial charge in [0, 0.05) is 11.1 Å². The van der Waals surface area contributed by atoms with Crippen LogP contribution in [0.3, 0.4) is 0 Å². The number of rotatable bonds is 3. The Labute approximate surface area is 151 Å². The van der Waals surface area contributed by atoms with Crippen LogP contribution in [-0.2, 0) is 10.0 Å². The Hall–Kier alpha value is -2.70. The van der Waals surface area contributed by atoms with E-state index in [1.807, 2.05) is 6.92 Å². The molecular formula is C20H16FNO3S. The van der Waals surface area contributed by atoms with E-state index in [1.165, 1.54) is 6.07 Å². The van der Waals surface area contributed by atoms with Crippen molar-refractivity contribution in [3.8, 4) is 11.5 Å².